The zero-order chi connectivity index (χ0) is 21.5. The molecule has 0 radical (unpaired) electrons. The molecule has 0 heterocycles. The number of rotatable bonds is 7. The molecule has 2 N–H and O–H groups in total. The van der Waals surface area contributed by atoms with Gasteiger partial charge in [-0.3, -0.25) is 4.79 Å². The van der Waals surface area contributed by atoms with Crippen LogP contribution in [0, 0.1) is 0 Å². The fourth-order valence-corrected chi connectivity index (χ4v) is 3.47. The summed E-state index contributed by atoms with van der Waals surface area (Å²) in [6, 6.07) is 20.6. The highest BCUT2D eigenvalue weighted by Crippen LogP contribution is 2.33. The summed E-state index contributed by atoms with van der Waals surface area (Å²) in [5, 5.41) is 6.89. The number of carbonyl (C=O) groups is 2. The summed E-state index contributed by atoms with van der Waals surface area (Å²) in [6.45, 7) is 0. The van der Waals surface area contributed by atoms with Crippen molar-refractivity contribution in [2.24, 2.45) is 0 Å². The Labute approximate surface area is 185 Å². The Bertz CT molecular complexity index is 1020. The van der Waals surface area contributed by atoms with E-state index in [0.29, 0.717) is 27.0 Å². The molecule has 0 aliphatic rings. The third-order valence-corrected chi connectivity index (χ3v) is 5.10. The van der Waals surface area contributed by atoms with Crippen molar-refractivity contribution in [3.05, 3.63) is 94.0 Å². The second-order valence-corrected chi connectivity index (χ2v) is 7.30. The molecule has 3 aromatic carbocycles. The number of benzene rings is 3. The zero-order valence-electron chi connectivity index (χ0n) is 16.2. The van der Waals surface area contributed by atoms with Crippen molar-refractivity contribution in [1.82, 2.24) is 5.32 Å². The van der Waals surface area contributed by atoms with Crippen LogP contribution in [0.3, 0.4) is 0 Å². The lowest BCUT2D eigenvalue weighted by atomic mass is 10.1. The van der Waals surface area contributed by atoms with Crippen LogP contribution in [0.25, 0.3) is 0 Å². The second-order valence-electron chi connectivity index (χ2n) is 6.49. The van der Waals surface area contributed by atoms with Crippen molar-refractivity contribution in [2.45, 2.75) is 12.5 Å². The van der Waals surface area contributed by atoms with Crippen LogP contribution in [0.2, 0.25) is 10.0 Å². The lowest BCUT2D eigenvalue weighted by Crippen LogP contribution is -2.35. The fraction of sp³-hybridized carbons (Fsp3) is 0.130. The first kappa shape index (κ1) is 21.7. The number of para-hydroxylation sites is 2. The number of hydrogen-bond acceptors (Lipinski definition) is 4. The molecule has 0 aliphatic carbocycles. The molecule has 0 aliphatic heterocycles. The highest BCUT2D eigenvalue weighted by atomic mass is 35.5. The molecular weight excluding hydrogens is 423 g/mol. The van der Waals surface area contributed by atoms with Crippen LogP contribution in [0.4, 0.5) is 11.4 Å². The van der Waals surface area contributed by atoms with Crippen LogP contribution in [-0.2, 0) is 20.7 Å². The number of anilines is 2. The average molecular weight is 443 g/mol. The van der Waals surface area contributed by atoms with Gasteiger partial charge < -0.3 is 15.4 Å². The van der Waals surface area contributed by atoms with E-state index in [1.165, 1.54) is 7.11 Å². The van der Waals surface area contributed by atoms with Gasteiger partial charge in [0.15, 0.2) is 6.04 Å². The minimum Gasteiger partial charge on any atom is -0.467 e. The first-order valence-corrected chi connectivity index (χ1v) is 9.96. The Kier molecular flexibility index (Phi) is 7.33. The predicted octanol–water partition coefficient (Wildman–Crippen LogP) is 5.31. The van der Waals surface area contributed by atoms with Gasteiger partial charge in [0.1, 0.15) is 0 Å². The van der Waals surface area contributed by atoms with Gasteiger partial charge in [0, 0.05) is 5.69 Å². The lowest BCUT2D eigenvalue weighted by Gasteiger charge is -2.18. The van der Waals surface area contributed by atoms with Crippen LogP contribution in [-0.4, -0.2) is 19.0 Å². The number of carbonyl (C=O) groups excluding carboxylic acids is 2. The maximum Gasteiger partial charge on any atom is 0.333 e. The number of hydrogen-bond donors (Lipinski definition) is 2. The minimum atomic E-state index is -0.887. The average Bonchev–Trinajstić information content (AvgIpc) is 2.76. The van der Waals surface area contributed by atoms with Gasteiger partial charge in [0.25, 0.3) is 0 Å². The molecule has 0 saturated carbocycles. The summed E-state index contributed by atoms with van der Waals surface area (Å²) in [4.78, 5) is 25.0. The van der Waals surface area contributed by atoms with Crippen molar-refractivity contribution in [2.75, 3.05) is 12.4 Å². The SMILES string of the molecule is COC(=O)[C@H](NC(=O)Cc1ccccc1Nc1c(Cl)cccc1Cl)c1ccccc1. The maximum atomic E-state index is 12.8. The van der Waals surface area contributed by atoms with Gasteiger partial charge in [0.05, 0.1) is 29.3 Å². The molecule has 0 saturated heterocycles. The second kappa shape index (κ2) is 10.1. The van der Waals surface area contributed by atoms with E-state index in [2.05, 4.69) is 10.6 Å². The van der Waals surface area contributed by atoms with E-state index >= 15 is 0 Å². The Hall–Kier alpha value is -3.02. The van der Waals surface area contributed by atoms with Gasteiger partial charge in [-0.15, -0.1) is 0 Å². The molecule has 0 aromatic heterocycles. The minimum absolute atomic E-state index is 0.0472. The van der Waals surface area contributed by atoms with Crippen molar-refractivity contribution >= 4 is 46.5 Å². The van der Waals surface area contributed by atoms with Gasteiger partial charge in [0.2, 0.25) is 5.91 Å². The van der Waals surface area contributed by atoms with Crippen molar-refractivity contribution in [3.63, 3.8) is 0 Å². The van der Waals surface area contributed by atoms with E-state index in [9.17, 15) is 9.59 Å². The van der Waals surface area contributed by atoms with E-state index in [0.717, 1.165) is 5.56 Å². The van der Waals surface area contributed by atoms with E-state index in [1.807, 2.05) is 30.3 Å². The van der Waals surface area contributed by atoms with Crippen LogP contribution >= 0.6 is 23.2 Å². The fourth-order valence-electron chi connectivity index (χ4n) is 2.97. The zero-order valence-corrected chi connectivity index (χ0v) is 17.7. The van der Waals surface area contributed by atoms with Crippen molar-refractivity contribution < 1.29 is 14.3 Å². The van der Waals surface area contributed by atoms with E-state index in [1.54, 1.807) is 42.5 Å². The summed E-state index contributed by atoms with van der Waals surface area (Å²) in [5.74, 6) is -0.863. The Morgan fingerprint density at radius 2 is 1.53 bits per heavy atom. The molecule has 154 valence electrons. The van der Waals surface area contributed by atoms with E-state index in [-0.39, 0.29) is 12.3 Å². The van der Waals surface area contributed by atoms with Gasteiger partial charge >= 0.3 is 5.97 Å². The molecule has 0 unspecified atom stereocenters. The van der Waals surface area contributed by atoms with Crippen molar-refractivity contribution in [3.8, 4) is 0 Å². The van der Waals surface area contributed by atoms with Crippen LogP contribution in [0.15, 0.2) is 72.8 Å². The predicted molar refractivity (Wildman–Crippen MR) is 119 cm³/mol. The molecular formula is C23H20Cl2N2O3. The quantitative estimate of drug-likeness (QED) is 0.486. The standard InChI is InChI=1S/C23H20Cl2N2O3/c1-30-23(29)21(15-8-3-2-4-9-15)27-20(28)14-16-10-5-6-13-19(16)26-22-17(24)11-7-12-18(22)25/h2-13,21,26H,14H2,1H3,(H,27,28)/t21-/m1/s1. The van der Waals surface area contributed by atoms with Gasteiger partial charge in [-0.1, -0.05) is 77.8 Å². The topological polar surface area (TPSA) is 67.4 Å². The van der Waals surface area contributed by atoms with Crippen molar-refractivity contribution in [1.29, 1.82) is 0 Å². The summed E-state index contributed by atoms with van der Waals surface area (Å²) in [7, 11) is 1.29. The maximum absolute atomic E-state index is 12.8. The number of methoxy groups -OCH3 is 1. The van der Waals surface area contributed by atoms with Crippen LogP contribution < -0.4 is 10.6 Å². The lowest BCUT2D eigenvalue weighted by molar-refractivity contribution is -0.145. The molecule has 0 spiro atoms. The Morgan fingerprint density at radius 1 is 0.900 bits per heavy atom. The Morgan fingerprint density at radius 3 is 2.20 bits per heavy atom. The molecule has 0 fully saturated rings. The van der Waals surface area contributed by atoms with E-state index in [4.69, 9.17) is 27.9 Å². The first-order chi connectivity index (χ1) is 14.5. The normalized spacial score (nSPS) is 11.4. The first-order valence-electron chi connectivity index (χ1n) is 9.20. The van der Waals surface area contributed by atoms with Gasteiger partial charge in [-0.25, -0.2) is 4.79 Å². The number of esters is 1. The number of amides is 1. The summed E-state index contributed by atoms with van der Waals surface area (Å²) in [5.41, 5.74) is 2.62. The third-order valence-electron chi connectivity index (χ3n) is 4.47. The molecule has 3 aromatic rings. The Balaban J connectivity index is 1.79. The molecule has 3 rings (SSSR count). The molecule has 7 heteroatoms. The molecule has 5 nitrogen and oxygen atoms in total. The molecule has 1 atom stereocenters. The van der Waals surface area contributed by atoms with Crippen LogP contribution in [0.1, 0.15) is 17.2 Å². The molecule has 30 heavy (non-hydrogen) atoms. The largest absolute Gasteiger partial charge is 0.467 e. The summed E-state index contributed by atoms with van der Waals surface area (Å²) in [6.07, 6.45) is 0.0472. The smallest absolute Gasteiger partial charge is 0.333 e. The molecule has 0 bridgehead atoms. The summed E-state index contributed by atoms with van der Waals surface area (Å²) < 4.78 is 4.85. The van der Waals surface area contributed by atoms with Crippen LogP contribution in [0.5, 0.6) is 0 Å². The highest BCUT2D eigenvalue weighted by molar-refractivity contribution is 6.39. The van der Waals surface area contributed by atoms with E-state index < -0.39 is 12.0 Å². The monoisotopic (exact) mass is 442 g/mol. The number of ether oxygens (including phenoxy) is 1. The summed E-state index contributed by atoms with van der Waals surface area (Å²) >= 11 is 12.5. The number of nitrogens with one attached hydrogen (secondary N) is 2. The van der Waals surface area contributed by atoms with Gasteiger partial charge in [-0.05, 0) is 29.3 Å². The molecule has 1 amide bonds. The highest BCUT2D eigenvalue weighted by Gasteiger charge is 2.23. The third kappa shape index (κ3) is 5.32. The van der Waals surface area contributed by atoms with Gasteiger partial charge in [-0.2, -0.15) is 0 Å². The number of halogens is 2.